The van der Waals surface area contributed by atoms with Gasteiger partial charge in [0.2, 0.25) is 0 Å². The molecule has 0 radical (unpaired) electrons. The summed E-state index contributed by atoms with van der Waals surface area (Å²) in [5, 5.41) is 0. The van der Waals surface area contributed by atoms with Gasteiger partial charge in [0.25, 0.3) is 0 Å². The average molecular weight is 1010 g/mol. The molecular weight excluding hydrogens is 894 g/mol. The molecule has 0 amide bonds. The Morgan fingerprint density at radius 3 is 1.06 bits per heavy atom. The van der Waals surface area contributed by atoms with Crippen molar-refractivity contribution in [3.63, 3.8) is 0 Å². The van der Waals surface area contributed by atoms with Crippen molar-refractivity contribution in [2.24, 2.45) is 0 Å². The molecule has 0 aliphatic heterocycles. The molecule has 0 aliphatic rings. The fraction of sp³-hybridized carbons (Fsp3) is 0.933. The summed E-state index contributed by atoms with van der Waals surface area (Å²) in [6, 6.07) is 0. The standard InChI is InChI=1S/C60H118NO8P/c1-6-8-10-12-14-16-18-20-22-24-26-28-30-32-34-36-38-40-42-44-46-48-50-52-59(62)66-56-58(57-68-70(64,65)67-55-54-61(3,4)5)69-60(63)53-51-49-47-45-43-41-39-37-35-33-31-29-27-25-23-21-19-17-15-13-11-9-7-2/h25,27,58H,6-24,26,28-57H2,1-5H3/p+1/b27-25-. The third kappa shape index (κ3) is 56.1. The minimum Gasteiger partial charge on any atom is -0.462 e. The Morgan fingerprint density at radius 2 is 0.729 bits per heavy atom. The van der Waals surface area contributed by atoms with Crippen LogP contribution in [0.25, 0.3) is 0 Å². The highest BCUT2D eigenvalue weighted by molar-refractivity contribution is 7.47. The lowest BCUT2D eigenvalue weighted by Gasteiger charge is -2.24. The van der Waals surface area contributed by atoms with Crippen molar-refractivity contribution in [1.82, 2.24) is 0 Å². The average Bonchev–Trinajstić information content (AvgIpc) is 3.32. The van der Waals surface area contributed by atoms with E-state index >= 15 is 0 Å². The SMILES string of the molecule is CCCCCCCCCC/C=C\CCCCCCCCCCCCCC(=O)OC(COC(=O)CCCCCCCCCCCCCCCCCCCCCCCCC)COP(=O)(O)OCC[N+](C)(C)C. The Bertz CT molecular complexity index is 1190. The number of carbonyl (C=O) groups is 2. The first-order chi connectivity index (χ1) is 34.0. The number of carbonyl (C=O) groups excluding carboxylic acids is 2. The Hall–Kier alpha value is -1.25. The molecule has 0 aromatic carbocycles. The van der Waals surface area contributed by atoms with Crippen molar-refractivity contribution in [1.29, 1.82) is 0 Å². The fourth-order valence-corrected chi connectivity index (χ4v) is 9.81. The third-order valence-corrected chi connectivity index (χ3v) is 14.8. The number of nitrogens with zero attached hydrogens (tertiary/aromatic N) is 1. The van der Waals surface area contributed by atoms with Crippen LogP contribution in [0.1, 0.15) is 309 Å². The molecule has 0 heterocycles. The lowest BCUT2D eigenvalue weighted by Crippen LogP contribution is -2.37. The smallest absolute Gasteiger partial charge is 0.462 e. The number of likely N-dealkylation sites (N-methyl/N-ethyl adjacent to an activating group) is 1. The summed E-state index contributed by atoms with van der Waals surface area (Å²) in [6.07, 6.45) is 61.4. The minimum atomic E-state index is -4.38. The Morgan fingerprint density at radius 1 is 0.429 bits per heavy atom. The van der Waals surface area contributed by atoms with Crippen LogP contribution in [-0.2, 0) is 32.7 Å². The van der Waals surface area contributed by atoms with Gasteiger partial charge in [0, 0.05) is 12.8 Å². The van der Waals surface area contributed by atoms with Crippen molar-refractivity contribution >= 4 is 19.8 Å². The van der Waals surface area contributed by atoms with Crippen LogP contribution in [0.3, 0.4) is 0 Å². The van der Waals surface area contributed by atoms with Gasteiger partial charge >= 0.3 is 19.8 Å². The molecule has 0 aliphatic carbocycles. The van der Waals surface area contributed by atoms with E-state index in [0.29, 0.717) is 23.9 Å². The van der Waals surface area contributed by atoms with Crippen LogP contribution in [0, 0.1) is 0 Å². The molecular formula is C60H119NO8P+. The van der Waals surface area contributed by atoms with Gasteiger partial charge in [-0.15, -0.1) is 0 Å². The molecule has 0 rings (SSSR count). The van der Waals surface area contributed by atoms with Gasteiger partial charge in [0.1, 0.15) is 19.8 Å². The van der Waals surface area contributed by atoms with Crippen molar-refractivity contribution in [3.8, 4) is 0 Å². The predicted molar refractivity (Wildman–Crippen MR) is 298 cm³/mol. The molecule has 70 heavy (non-hydrogen) atoms. The molecule has 1 N–H and O–H groups in total. The van der Waals surface area contributed by atoms with Crippen molar-refractivity contribution < 1.29 is 42.1 Å². The van der Waals surface area contributed by atoms with E-state index in [0.717, 1.165) is 32.1 Å². The molecule has 416 valence electrons. The zero-order chi connectivity index (χ0) is 51.3. The molecule has 0 saturated carbocycles. The van der Waals surface area contributed by atoms with Gasteiger partial charge in [-0.2, -0.15) is 0 Å². The number of phosphoric acid groups is 1. The summed E-state index contributed by atoms with van der Waals surface area (Å²) in [5.41, 5.74) is 0. The maximum absolute atomic E-state index is 12.8. The second-order valence-corrected chi connectivity index (χ2v) is 23.6. The molecule has 10 heteroatoms. The summed E-state index contributed by atoms with van der Waals surface area (Å²) in [7, 11) is 1.50. The molecule has 9 nitrogen and oxygen atoms in total. The van der Waals surface area contributed by atoms with Crippen LogP contribution >= 0.6 is 7.82 Å². The number of ether oxygens (including phenoxy) is 2. The highest BCUT2D eigenvalue weighted by atomic mass is 31.2. The Kier molecular flexibility index (Phi) is 51.7. The van der Waals surface area contributed by atoms with E-state index in [1.165, 1.54) is 244 Å². The zero-order valence-corrected chi connectivity index (χ0v) is 48.2. The van der Waals surface area contributed by atoms with E-state index in [1.807, 2.05) is 21.1 Å². The maximum atomic E-state index is 12.8. The highest BCUT2D eigenvalue weighted by Gasteiger charge is 2.27. The summed E-state index contributed by atoms with van der Waals surface area (Å²) in [5.74, 6) is -0.777. The van der Waals surface area contributed by atoms with E-state index in [1.54, 1.807) is 0 Å². The van der Waals surface area contributed by atoms with Gasteiger partial charge in [-0.05, 0) is 38.5 Å². The number of hydrogen-bond acceptors (Lipinski definition) is 7. The predicted octanol–water partition coefficient (Wildman–Crippen LogP) is 18.8. The Balaban J connectivity index is 4.10. The third-order valence-electron chi connectivity index (χ3n) is 13.8. The summed E-state index contributed by atoms with van der Waals surface area (Å²) >= 11 is 0. The number of hydrogen-bond donors (Lipinski definition) is 1. The molecule has 0 bridgehead atoms. The molecule has 0 fully saturated rings. The van der Waals surface area contributed by atoms with Crippen LogP contribution in [0.5, 0.6) is 0 Å². The van der Waals surface area contributed by atoms with Crippen molar-refractivity contribution in [3.05, 3.63) is 12.2 Å². The van der Waals surface area contributed by atoms with Crippen LogP contribution < -0.4 is 0 Å². The fourth-order valence-electron chi connectivity index (χ4n) is 9.07. The van der Waals surface area contributed by atoms with Crippen molar-refractivity contribution in [2.45, 2.75) is 315 Å². The molecule has 0 aromatic rings. The summed E-state index contributed by atoms with van der Waals surface area (Å²) in [6.45, 7) is 4.50. The van der Waals surface area contributed by atoms with Crippen LogP contribution in [-0.4, -0.2) is 74.9 Å². The number of phosphoric ester groups is 1. The normalized spacial score (nSPS) is 13.3. The first-order valence-corrected chi connectivity index (χ1v) is 31.9. The largest absolute Gasteiger partial charge is 0.472 e. The molecule has 2 unspecified atom stereocenters. The Labute approximate surface area is 435 Å². The number of rotatable bonds is 57. The van der Waals surface area contributed by atoms with Crippen LogP contribution in [0.2, 0.25) is 0 Å². The summed E-state index contributed by atoms with van der Waals surface area (Å²) in [4.78, 5) is 35.7. The van der Waals surface area contributed by atoms with Crippen LogP contribution in [0.15, 0.2) is 12.2 Å². The lowest BCUT2D eigenvalue weighted by molar-refractivity contribution is -0.870. The van der Waals surface area contributed by atoms with E-state index < -0.39 is 26.5 Å². The highest BCUT2D eigenvalue weighted by Crippen LogP contribution is 2.43. The molecule has 0 saturated heterocycles. The second kappa shape index (κ2) is 52.6. The zero-order valence-electron chi connectivity index (χ0n) is 47.3. The maximum Gasteiger partial charge on any atom is 0.472 e. The number of esters is 2. The van der Waals surface area contributed by atoms with Gasteiger partial charge in [0.05, 0.1) is 27.7 Å². The van der Waals surface area contributed by atoms with Gasteiger partial charge in [-0.25, -0.2) is 4.57 Å². The second-order valence-electron chi connectivity index (χ2n) is 22.1. The first-order valence-electron chi connectivity index (χ1n) is 30.4. The van der Waals surface area contributed by atoms with Gasteiger partial charge in [-0.3, -0.25) is 18.6 Å². The van der Waals surface area contributed by atoms with E-state index in [-0.39, 0.29) is 25.6 Å². The number of unbranched alkanes of at least 4 members (excludes halogenated alkanes) is 41. The van der Waals surface area contributed by atoms with Gasteiger partial charge < -0.3 is 18.9 Å². The van der Waals surface area contributed by atoms with Gasteiger partial charge in [0.15, 0.2) is 6.10 Å². The molecule has 0 aromatic heterocycles. The number of quaternary nitrogens is 1. The summed E-state index contributed by atoms with van der Waals surface area (Å²) < 4.78 is 34.6. The van der Waals surface area contributed by atoms with E-state index in [9.17, 15) is 19.0 Å². The number of allylic oxidation sites excluding steroid dienone is 2. The van der Waals surface area contributed by atoms with E-state index in [2.05, 4.69) is 26.0 Å². The van der Waals surface area contributed by atoms with E-state index in [4.69, 9.17) is 18.5 Å². The molecule has 2 atom stereocenters. The van der Waals surface area contributed by atoms with Gasteiger partial charge in [-0.1, -0.05) is 270 Å². The quantitative estimate of drug-likeness (QED) is 0.0211. The van der Waals surface area contributed by atoms with Crippen molar-refractivity contribution in [2.75, 3.05) is 47.5 Å². The molecule has 0 spiro atoms. The first kappa shape index (κ1) is 68.8. The monoisotopic (exact) mass is 1010 g/mol. The minimum absolute atomic E-state index is 0.0355. The topological polar surface area (TPSA) is 108 Å². The van der Waals surface area contributed by atoms with Crippen LogP contribution in [0.4, 0.5) is 0 Å². The lowest BCUT2D eigenvalue weighted by atomic mass is 10.0.